The molecule has 0 radical (unpaired) electrons. The number of thiophene rings is 1. The molecular formula is C25H23N3O4S2. The minimum Gasteiger partial charge on any atom is -0.493 e. The normalized spacial score (nSPS) is 10.6. The van der Waals surface area contributed by atoms with Crippen LogP contribution in [0.5, 0.6) is 11.5 Å². The first-order valence-electron chi connectivity index (χ1n) is 10.4. The number of rotatable bonds is 10. The number of imidazole rings is 1. The standard InChI is InChI=1S/C25H23N3O4S2/c1-31-22-10-7-18(14-23(22)32-2)21(29)16-34-25-26-11-12-28(25)19-8-5-17(6-9-19)24(30)27-15-20-4-3-13-33-20/h3-14H,15-16H2,1-2H3,(H,27,30). The van der Waals surface area contributed by atoms with E-state index in [0.29, 0.717) is 34.3 Å². The van der Waals surface area contributed by atoms with Gasteiger partial charge in [-0.2, -0.15) is 0 Å². The molecule has 9 heteroatoms. The van der Waals surface area contributed by atoms with Crippen molar-refractivity contribution in [3.05, 3.63) is 88.4 Å². The fourth-order valence-corrected chi connectivity index (χ4v) is 4.78. The summed E-state index contributed by atoms with van der Waals surface area (Å²) < 4.78 is 12.4. The Morgan fingerprint density at radius 2 is 1.79 bits per heavy atom. The van der Waals surface area contributed by atoms with E-state index in [0.717, 1.165) is 10.6 Å². The van der Waals surface area contributed by atoms with E-state index < -0.39 is 0 Å². The molecule has 4 aromatic rings. The lowest BCUT2D eigenvalue weighted by Crippen LogP contribution is -2.22. The van der Waals surface area contributed by atoms with E-state index in [4.69, 9.17) is 9.47 Å². The van der Waals surface area contributed by atoms with Crippen molar-refractivity contribution in [2.75, 3.05) is 20.0 Å². The zero-order valence-electron chi connectivity index (χ0n) is 18.7. The maximum Gasteiger partial charge on any atom is 0.251 e. The first kappa shape index (κ1) is 23.6. The molecule has 1 N–H and O–H groups in total. The Bertz CT molecular complexity index is 1270. The highest BCUT2D eigenvalue weighted by atomic mass is 32.2. The lowest BCUT2D eigenvalue weighted by molar-refractivity contribution is 0.0950. The van der Waals surface area contributed by atoms with Crippen LogP contribution in [0.3, 0.4) is 0 Å². The van der Waals surface area contributed by atoms with Gasteiger partial charge in [0.05, 0.1) is 26.5 Å². The molecule has 0 aliphatic heterocycles. The molecule has 1 amide bonds. The molecule has 0 atom stereocenters. The van der Waals surface area contributed by atoms with Gasteiger partial charge in [-0.25, -0.2) is 4.98 Å². The first-order valence-corrected chi connectivity index (χ1v) is 12.3. The van der Waals surface area contributed by atoms with Crippen molar-refractivity contribution >= 4 is 34.8 Å². The molecule has 0 aliphatic carbocycles. The Morgan fingerprint density at radius 1 is 1.03 bits per heavy atom. The Hall–Kier alpha value is -3.56. The second-order valence-electron chi connectivity index (χ2n) is 7.17. The quantitative estimate of drug-likeness (QED) is 0.251. The summed E-state index contributed by atoms with van der Waals surface area (Å²) >= 11 is 2.95. The number of benzene rings is 2. The molecule has 0 fully saturated rings. The number of amides is 1. The topological polar surface area (TPSA) is 82.5 Å². The van der Waals surface area contributed by atoms with Crippen LogP contribution in [-0.4, -0.2) is 41.2 Å². The number of ketones is 1. The highest BCUT2D eigenvalue weighted by molar-refractivity contribution is 7.99. The molecule has 0 spiro atoms. The third kappa shape index (κ3) is 5.49. The smallest absolute Gasteiger partial charge is 0.251 e. The summed E-state index contributed by atoms with van der Waals surface area (Å²) in [6.45, 7) is 0.509. The third-order valence-electron chi connectivity index (χ3n) is 5.06. The summed E-state index contributed by atoms with van der Waals surface area (Å²) in [5.41, 5.74) is 1.98. The highest BCUT2D eigenvalue weighted by Crippen LogP contribution is 2.29. The van der Waals surface area contributed by atoms with Gasteiger partial charge in [0.15, 0.2) is 22.4 Å². The molecule has 34 heavy (non-hydrogen) atoms. The van der Waals surface area contributed by atoms with Gasteiger partial charge in [0.2, 0.25) is 0 Å². The van der Waals surface area contributed by atoms with E-state index in [1.807, 2.05) is 40.4 Å². The minimum absolute atomic E-state index is 0.0433. The summed E-state index contributed by atoms with van der Waals surface area (Å²) in [6, 6.07) is 16.4. The zero-order chi connectivity index (χ0) is 23.9. The SMILES string of the molecule is COc1ccc(C(=O)CSc2nccn2-c2ccc(C(=O)NCc3cccs3)cc2)cc1OC. The van der Waals surface area contributed by atoms with Crippen LogP contribution in [0.1, 0.15) is 25.6 Å². The van der Waals surface area contributed by atoms with Gasteiger partial charge in [-0.1, -0.05) is 17.8 Å². The van der Waals surface area contributed by atoms with Gasteiger partial charge < -0.3 is 14.8 Å². The predicted octanol–water partition coefficient (Wildman–Crippen LogP) is 4.86. The third-order valence-corrected chi connectivity index (χ3v) is 6.90. The lowest BCUT2D eigenvalue weighted by Gasteiger charge is -2.10. The van der Waals surface area contributed by atoms with E-state index >= 15 is 0 Å². The van der Waals surface area contributed by atoms with E-state index in [9.17, 15) is 9.59 Å². The number of hydrogen-bond acceptors (Lipinski definition) is 7. The van der Waals surface area contributed by atoms with Crippen LogP contribution in [0, 0.1) is 0 Å². The van der Waals surface area contributed by atoms with Gasteiger partial charge in [0.25, 0.3) is 5.91 Å². The van der Waals surface area contributed by atoms with Gasteiger partial charge in [-0.3, -0.25) is 14.2 Å². The van der Waals surface area contributed by atoms with Crippen molar-refractivity contribution in [3.8, 4) is 17.2 Å². The van der Waals surface area contributed by atoms with Crippen molar-refractivity contribution in [3.63, 3.8) is 0 Å². The van der Waals surface area contributed by atoms with Gasteiger partial charge in [0.1, 0.15) is 0 Å². The average Bonchev–Trinajstić information content (AvgIpc) is 3.57. The van der Waals surface area contributed by atoms with Crippen LogP contribution < -0.4 is 14.8 Å². The van der Waals surface area contributed by atoms with Crippen LogP contribution in [0.15, 0.2) is 77.5 Å². The number of aromatic nitrogens is 2. The van der Waals surface area contributed by atoms with E-state index in [1.54, 1.807) is 55.0 Å². The number of Topliss-reactive ketones (excluding diaryl/α,β-unsaturated/α-hetero) is 1. The molecule has 0 bridgehead atoms. The molecule has 4 rings (SSSR count). The van der Waals surface area contributed by atoms with Crippen molar-refractivity contribution in [1.82, 2.24) is 14.9 Å². The van der Waals surface area contributed by atoms with Crippen LogP contribution >= 0.6 is 23.1 Å². The summed E-state index contributed by atoms with van der Waals surface area (Å²) in [5, 5.41) is 5.59. The van der Waals surface area contributed by atoms with Crippen LogP contribution in [0.25, 0.3) is 5.69 Å². The fraction of sp³-hybridized carbons (Fsp3) is 0.160. The average molecular weight is 494 g/mol. The molecule has 0 aliphatic rings. The van der Waals surface area contributed by atoms with Gasteiger partial charge in [-0.05, 0) is 53.9 Å². The second-order valence-corrected chi connectivity index (χ2v) is 9.15. The Balaban J connectivity index is 1.39. The van der Waals surface area contributed by atoms with Crippen molar-refractivity contribution < 1.29 is 19.1 Å². The molecule has 2 aromatic heterocycles. The number of nitrogens with one attached hydrogen (secondary N) is 1. The van der Waals surface area contributed by atoms with Gasteiger partial charge >= 0.3 is 0 Å². The summed E-state index contributed by atoms with van der Waals surface area (Å²) in [7, 11) is 3.09. The molecular weight excluding hydrogens is 470 g/mol. The van der Waals surface area contributed by atoms with Gasteiger partial charge in [-0.15, -0.1) is 11.3 Å². The lowest BCUT2D eigenvalue weighted by atomic mass is 10.1. The summed E-state index contributed by atoms with van der Waals surface area (Å²) in [4.78, 5) is 30.6. The highest BCUT2D eigenvalue weighted by Gasteiger charge is 2.14. The number of carbonyl (C=O) groups excluding carboxylic acids is 2. The van der Waals surface area contributed by atoms with Crippen molar-refractivity contribution in [2.24, 2.45) is 0 Å². The Labute approximate surface area is 205 Å². The number of nitrogens with zero attached hydrogens (tertiary/aromatic N) is 2. The molecule has 0 saturated carbocycles. The molecule has 0 unspecified atom stereocenters. The van der Waals surface area contributed by atoms with E-state index in [-0.39, 0.29) is 17.4 Å². The maximum atomic E-state index is 12.7. The Morgan fingerprint density at radius 3 is 2.50 bits per heavy atom. The van der Waals surface area contributed by atoms with Crippen molar-refractivity contribution in [1.29, 1.82) is 0 Å². The monoisotopic (exact) mass is 493 g/mol. The summed E-state index contributed by atoms with van der Waals surface area (Å²) in [5.74, 6) is 1.14. The maximum absolute atomic E-state index is 12.7. The van der Waals surface area contributed by atoms with Gasteiger partial charge in [0, 0.05) is 34.1 Å². The number of ether oxygens (including phenoxy) is 2. The second kappa shape index (κ2) is 11.0. The number of carbonyl (C=O) groups is 2. The first-order chi connectivity index (χ1) is 16.6. The molecule has 2 heterocycles. The van der Waals surface area contributed by atoms with E-state index in [1.165, 1.54) is 18.9 Å². The van der Waals surface area contributed by atoms with Crippen LogP contribution in [0.4, 0.5) is 0 Å². The predicted molar refractivity (Wildman–Crippen MR) is 134 cm³/mol. The molecule has 2 aromatic carbocycles. The zero-order valence-corrected chi connectivity index (χ0v) is 20.3. The van der Waals surface area contributed by atoms with Crippen LogP contribution in [0.2, 0.25) is 0 Å². The van der Waals surface area contributed by atoms with E-state index in [2.05, 4.69) is 10.3 Å². The fourth-order valence-electron chi connectivity index (χ4n) is 3.27. The molecule has 0 saturated heterocycles. The molecule has 174 valence electrons. The number of thioether (sulfide) groups is 1. The molecule has 7 nitrogen and oxygen atoms in total. The number of methoxy groups -OCH3 is 2. The van der Waals surface area contributed by atoms with Crippen LogP contribution in [-0.2, 0) is 6.54 Å². The number of hydrogen-bond donors (Lipinski definition) is 1. The Kier molecular flexibility index (Phi) is 7.66. The summed E-state index contributed by atoms with van der Waals surface area (Å²) in [6.07, 6.45) is 3.51. The minimum atomic E-state index is -0.124. The van der Waals surface area contributed by atoms with Crippen molar-refractivity contribution in [2.45, 2.75) is 11.7 Å². The largest absolute Gasteiger partial charge is 0.493 e.